The van der Waals surface area contributed by atoms with E-state index in [1.807, 2.05) is 41.5 Å². The highest BCUT2D eigenvalue weighted by atomic mass is 32.1. The minimum atomic E-state index is -0.0885. The summed E-state index contributed by atoms with van der Waals surface area (Å²) >= 11 is 1.54. The average molecular weight is 387 g/mol. The molecule has 0 bridgehead atoms. The summed E-state index contributed by atoms with van der Waals surface area (Å²) in [6, 6.07) is 7.72. The number of ether oxygens (including phenoxy) is 2. The number of likely N-dealkylation sites (tertiary alicyclic amines) is 1. The van der Waals surface area contributed by atoms with Gasteiger partial charge in [0.05, 0.1) is 17.1 Å². The summed E-state index contributed by atoms with van der Waals surface area (Å²) in [6.07, 6.45) is 5.62. The molecule has 2 saturated heterocycles. The van der Waals surface area contributed by atoms with Gasteiger partial charge in [0.1, 0.15) is 0 Å². The lowest BCUT2D eigenvalue weighted by Gasteiger charge is -2.42. The number of rotatable bonds is 5. The highest BCUT2D eigenvalue weighted by molar-refractivity contribution is 7.12. The summed E-state index contributed by atoms with van der Waals surface area (Å²) in [7, 11) is 0. The van der Waals surface area contributed by atoms with E-state index in [4.69, 9.17) is 9.47 Å². The first-order chi connectivity index (χ1) is 13.2. The van der Waals surface area contributed by atoms with Crippen LogP contribution in [0, 0.1) is 12.8 Å². The van der Waals surface area contributed by atoms with Crippen molar-refractivity contribution in [1.82, 2.24) is 9.88 Å². The Morgan fingerprint density at radius 3 is 2.93 bits per heavy atom. The Hall–Kier alpha value is -1.92. The first-order valence-corrected chi connectivity index (χ1v) is 10.6. The van der Waals surface area contributed by atoms with Crippen molar-refractivity contribution < 1.29 is 14.3 Å². The van der Waals surface area contributed by atoms with Crippen molar-refractivity contribution in [3.63, 3.8) is 0 Å². The zero-order valence-electron chi connectivity index (χ0n) is 15.7. The fraction of sp³-hybridized carbons (Fsp3) is 0.524. The number of amides is 1. The maximum Gasteiger partial charge on any atom is 0.264 e. The second kappa shape index (κ2) is 7.98. The van der Waals surface area contributed by atoms with Crippen LogP contribution in [0.2, 0.25) is 0 Å². The largest absolute Gasteiger partial charge is 0.478 e. The molecular formula is C21H26N2O3S. The number of carbonyl (C=O) groups is 1. The summed E-state index contributed by atoms with van der Waals surface area (Å²) in [4.78, 5) is 19.8. The summed E-state index contributed by atoms with van der Waals surface area (Å²) < 4.78 is 12.0. The van der Waals surface area contributed by atoms with Gasteiger partial charge >= 0.3 is 0 Å². The van der Waals surface area contributed by atoms with Crippen LogP contribution in [-0.2, 0) is 4.74 Å². The zero-order valence-corrected chi connectivity index (χ0v) is 16.5. The maximum atomic E-state index is 12.8. The molecule has 1 spiro atoms. The second-order valence-corrected chi connectivity index (χ2v) is 8.35. The normalized spacial score (nSPS) is 21.5. The smallest absolute Gasteiger partial charge is 0.264 e. The fourth-order valence-corrected chi connectivity index (χ4v) is 5.20. The van der Waals surface area contributed by atoms with Crippen molar-refractivity contribution >= 4 is 17.2 Å². The summed E-state index contributed by atoms with van der Waals surface area (Å²) in [5.41, 5.74) is 0.987. The van der Waals surface area contributed by atoms with E-state index in [0.717, 1.165) is 55.8 Å². The van der Waals surface area contributed by atoms with Gasteiger partial charge in [-0.1, -0.05) is 6.07 Å². The Labute approximate surface area is 164 Å². The second-order valence-electron chi connectivity index (χ2n) is 7.43. The number of aryl methyl sites for hydroxylation is 1. The summed E-state index contributed by atoms with van der Waals surface area (Å²) in [5, 5.41) is 1.99. The van der Waals surface area contributed by atoms with Gasteiger partial charge in [-0.15, -0.1) is 11.3 Å². The number of hydrogen-bond donors (Lipinski definition) is 0. The molecule has 1 amide bonds. The predicted molar refractivity (Wildman–Crippen MR) is 105 cm³/mol. The van der Waals surface area contributed by atoms with Crippen LogP contribution in [0.5, 0.6) is 5.88 Å². The number of nitrogens with zero attached hydrogens (tertiary/aromatic N) is 2. The van der Waals surface area contributed by atoms with Crippen molar-refractivity contribution in [2.24, 2.45) is 5.92 Å². The maximum absolute atomic E-state index is 12.8. The van der Waals surface area contributed by atoms with E-state index < -0.39 is 0 Å². The Kier molecular flexibility index (Phi) is 5.45. The predicted octanol–water partition coefficient (Wildman–Crippen LogP) is 3.93. The molecule has 4 rings (SSSR count). The van der Waals surface area contributed by atoms with Gasteiger partial charge < -0.3 is 14.4 Å². The van der Waals surface area contributed by atoms with Gasteiger partial charge in [-0.25, -0.2) is 4.98 Å². The van der Waals surface area contributed by atoms with E-state index in [9.17, 15) is 4.79 Å². The van der Waals surface area contributed by atoms with Crippen LogP contribution in [-0.4, -0.2) is 47.7 Å². The third-order valence-corrected chi connectivity index (χ3v) is 6.91. The van der Waals surface area contributed by atoms with E-state index in [-0.39, 0.29) is 11.5 Å². The Bertz CT molecular complexity index is 769. The third-order valence-electron chi connectivity index (χ3n) is 5.91. The van der Waals surface area contributed by atoms with E-state index in [1.54, 1.807) is 6.20 Å². The lowest BCUT2D eigenvalue weighted by atomic mass is 9.78. The minimum Gasteiger partial charge on any atom is -0.478 e. The molecular weight excluding hydrogens is 360 g/mol. The van der Waals surface area contributed by atoms with Crippen molar-refractivity contribution in [3.8, 4) is 5.88 Å². The van der Waals surface area contributed by atoms with E-state index in [1.165, 1.54) is 11.3 Å². The van der Waals surface area contributed by atoms with Gasteiger partial charge in [-0.3, -0.25) is 4.79 Å². The number of aromatic nitrogens is 1. The molecule has 144 valence electrons. The Morgan fingerprint density at radius 1 is 1.37 bits per heavy atom. The topological polar surface area (TPSA) is 51.7 Å². The molecule has 2 aromatic rings. The lowest BCUT2D eigenvalue weighted by molar-refractivity contribution is -0.0648. The van der Waals surface area contributed by atoms with Gasteiger partial charge in [-0.05, 0) is 61.6 Å². The van der Waals surface area contributed by atoms with Crippen molar-refractivity contribution in [2.45, 2.75) is 38.2 Å². The molecule has 0 aliphatic carbocycles. The van der Waals surface area contributed by atoms with Crippen LogP contribution in [0.4, 0.5) is 0 Å². The Morgan fingerprint density at radius 2 is 2.22 bits per heavy atom. The van der Waals surface area contributed by atoms with Gasteiger partial charge in [0.15, 0.2) is 0 Å². The van der Waals surface area contributed by atoms with Crippen LogP contribution in [0.15, 0.2) is 35.8 Å². The number of thiophene rings is 1. The fourth-order valence-electron chi connectivity index (χ4n) is 4.31. The number of hydrogen-bond acceptors (Lipinski definition) is 5. The SMILES string of the molecule is Cc1ccsc1C(=O)N1CCC2(CC1)OCCC2CCOc1ccccn1. The monoisotopic (exact) mass is 386 g/mol. The quantitative estimate of drug-likeness (QED) is 0.781. The molecule has 5 nitrogen and oxygen atoms in total. The molecule has 0 aromatic carbocycles. The zero-order chi connectivity index (χ0) is 18.7. The van der Waals surface area contributed by atoms with Gasteiger partial charge in [0, 0.05) is 32.0 Å². The van der Waals surface area contributed by atoms with Crippen LogP contribution >= 0.6 is 11.3 Å². The van der Waals surface area contributed by atoms with Crippen molar-refractivity contribution in [2.75, 3.05) is 26.3 Å². The molecule has 2 aromatic heterocycles. The highest BCUT2D eigenvalue weighted by Gasteiger charge is 2.46. The van der Waals surface area contributed by atoms with Gasteiger partial charge in [0.2, 0.25) is 5.88 Å². The van der Waals surface area contributed by atoms with Crippen molar-refractivity contribution in [3.05, 3.63) is 46.3 Å². The molecule has 0 saturated carbocycles. The number of piperidine rings is 1. The first-order valence-electron chi connectivity index (χ1n) is 9.69. The number of carbonyl (C=O) groups excluding carboxylic acids is 1. The summed E-state index contributed by atoms with van der Waals surface area (Å²) in [6.45, 7) is 5.02. The molecule has 27 heavy (non-hydrogen) atoms. The molecule has 0 N–H and O–H groups in total. The van der Waals surface area contributed by atoms with Crippen LogP contribution in [0.1, 0.15) is 40.9 Å². The minimum absolute atomic E-state index is 0.0885. The summed E-state index contributed by atoms with van der Waals surface area (Å²) in [5.74, 6) is 1.34. The standard InChI is InChI=1S/C21H26N2O3S/c1-16-7-15-27-19(16)20(24)23-11-8-21(9-12-23)17(6-14-26-21)5-13-25-18-4-2-3-10-22-18/h2-4,7,10,15,17H,5-6,8-9,11-14H2,1H3. The molecule has 2 aliphatic rings. The van der Waals surface area contributed by atoms with Gasteiger partial charge in [-0.2, -0.15) is 0 Å². The highest BCUT2D eigenvalue weighted by Crippen LogP contribution is 2.42. The molecule has 0 radical (unpaired) electrons. The van der Waals surface area contributed by atoms with Crippen LogP contribution < -0.4 is 4.74 Å². The first kappa shape index (κ1) is 18.4. The van der Waals surface area contributed by atoms with Gasteiger partial charge in [0.25, 0.3) is 5.91 Å². The van der Waals surface area contributed by atoms with E-state index in [0.29, 0.717) is 18.4 Å². The average Bonchev–Trinajstić information content (AvgIpc) is 3.29. The van der Waals surface area contributed by atoms with Crippen LogP contribution in [0.3, 0.4) is 0 Å². The molecule has 2 fully saturated rings. The van der Waals surface area contributed by atoms with E-state index in [2.05, 4.69) is 4.98 Å². The number of pyridine rings is 1. The van der Waals surface area contributed by atoms with E-state index >= 15 is 0 Å². The lowest BCUT2D eigenvalue weighted by Crippen LogP contribution is -2.49. The molecule has 1 unspecified atom stereocenters. The Balaban J connectivity index is 1.32. The van der Waals surface area contributed by atoms with Crippen molar-refractivity contribution in [1.29, 1.82) is 0 Å². The van der Waals surface area contributed by atoms with Crippen LogP contribution in [0.25, 0.3) is 0 Å². The molecule has 6 heteroatoms. The molecule has 1 atom stereocenters. The molecule has 2 aliphatic heterocycles. The third kappa shape index (κ3) is 3.87. The molecule has 4 heterocycles.